The van der Waals surface area contributed by atoms with Gasteiger partial charge >= 0.3 is 11.4 Å². The lowest BCUT2D eigenvalue weighted by atomic mass is 10.1. The van der Waals surface area contributed by atoms with E-state index in [0.717, 1.165) is 53.9 Å². The van der Waals surface area contributed by atoms with Crippen LogP contribution < -0.4 is 20.9 Å². The van der Waals surface area contributed by atoms with Gasteiger partial charge in [0.25, 0.3) is 0 Å². The molecule has 8 rings (SSSR count). The van der Waals surface area contributed by atoms with Gasteiger partial charge in [0.2, 0.25) is 0 Å². The van der Waals surface area contributed by atoms with Gasteiger partial charge in [0, 0.05) is 77.5 Å². The molecule has 1 unspecified atom stereocenters. The van der Waals surface area contributed by atoms with E-state index >= 15 is 0 Å². The first-order chi connectivity index (χ1) is 31.0. The van der Waals surface area contributed by atoms with E-state index in [2.05, 4.69) is 40.8 Å². The topological polar surface area (TPSA) is 227 Å². The monoisotopic (exact) mass is 916 g/mol. The first-order valence-electron chi connectivity index (χ1n) is 19.8. The smallest absolute Gasteiger partial charge is 0.368 e. The molecule has 4 aromatic carbocycles. The standard InChI is InChI=1S/C22H22N6O4S.C22H22N6O3S/c1-14-12-16(21-23-11-10-15(2)24-21)8-9-19(14)32-13-17-18(28-22(29)27(3)25-26-28)6-5-7-20(17)33(4,30)31;1-14-12-16(21-23-11-10-15(2)24-21)8-9-19(14)31-13-17-18(6-5-7-20(17)32(4)30)28-22(29)27(3)25-26-28/h5-12H,13H2,1-4H3;5-12H,13H2,1-4H3. The second-order valence-corrected chi connectivity index (χ2v) is 18.2. The Labute approximate surface area is 375 Å². The number of nitrogens with zero attached hydrogens (tertiary/aromatic N) is 12. The molecule has 0 bridgehead atoms. The first-order valence-corrected chi connectivity index (χ1v) is 23.3. The molecule has 0 saturated carbocycles. The van der Waals surface area contributed by atoms with E-state index in [9.17, 15) is 22.2 Å². The molecule has 4 aromatic heterocycles. The van der Waals surface area contributed by atoms with E-state index in [1.54, 1.807) is 55.0 Å². The Morgan fingerprint density at radius 3 is 1.49 bits per heavy atom. The second kappa shape index (κ2) is 19.1. The molecule has 0 fully saturated rings. The first kappa shape index (κ1) is 45.5. The highest BCUT2D eigenvalue weighted by Crippen LogP contribution is 2.30. The molecule has 0 N–H and O–H groups in total. The molecule has 334 valence electrons. The van der Waals surface area contributed by atoms with Crippen LogP contribution in [0.4, 0.5) is 0 Å². The zero-order valence-corrected chi connectivity index (χ0v) is 38.3. The fourth-order valence-corrected chi connectivity index (χ4v) is 8.44. The third-order valence-electron chi connectivity index (χ3n) is 10.0. The Kier molecular flexibility index (Phi) is 13.3. The highest BCUT2D eigenvalue weighted by atomic mass is 32.2. The molecular formula is C44H44N12O7S2. The largest absolute Gasteiger partial charge is 0.489 e. The van der Waals surface area contributed by atoms with Crippen LogP contribution in [0.3, 0.4) is 0 Å². The Morgan fingerprint density at radius 2 is 1.08 bits per heavy atom. The maximum atomic E-state index is 12.4. The molecule has 21 heteroatoms. The minimum Gasteiger partial charge on any atom is -0.489 e. The third kappa shape index (κ3) is 10.2. The van der Waals surface area contributed by atoms with Crippen LogP contribution in [0.25, 0.3) is 34.2 Å². The maximum Gasteiger partial charge on any atom is 0.368 e. The van der Waals surface area contributed by atoms with E-state index in [0.29, 0.717) is 50.5 Å². The van der Waals surface area contributed by atoms with Crippen LogP contribution in [0.1, 0.15) is 33.6 Å². The van der Waals surface area contributed by atoms with Gasteiger partial charge in [0.15, 0.2) is 21.5 Å². The van der Waals surface area contributed by atoms with Crippen molar-refractivity contribution in [1.29, 1.82) is 0 Å². The zero-order chi connectivity index (χ0) is 46.6. The lowest BCUT2D eigenvalue weighted by Crippen LogP contribution is -2.23. The van der Waals surface area contributed by atoms with Crippen molar-refractivity contribution in [2.45, 2.75) is 50.7 Å². The van der Waals surface area contributed by atoms with Gasteiger partial charge in [0.05, 0.1) is 27.1 Å². The molecule has 0 aliphatic rings. The molecule has 19 nitrogen and oxygen atoms in total. The molecule has 0 aliphatic heterocycles. The lowest BCUT2D eigenvalue weighted by molar-refractivity contribution is 0.300. The van der Waals surface area contributed by atoms with Crippen molar-refractivity contribution in [2.75, 3.05) is 12.5 Å². The van der Waals surface area contributed by atoms with Crippen LogP contribution in [0.2, 0.25) is 0 Å². The summed E-state index contributed by atoms with van der Waals surface area (Å²) in [6.45, 7) is 7.65. The number of aryl methyl sites for hydroxylation is 6. The lowest BCUT2D eigenvalue weighted by Gasteiger charge is -2.15. The summed E-state index contributed by atoms with van der Waals surface area (Å²) in [4.78, 5) is 43.0. The van der Waals surface area contributed by atoms with Crippen LogP contribution in [-0.2, 0) is 47.9 Å². The van der Waals surface area contributed by atoms with Crippen molar-refractivity contribution >= 4 is 20.6 Å². The molecule has 1 atom stereocenters. The summed E-state index contributed by atoms with van der Waals surface area (Å²) in [7, 11) is -1.90. The van der Waals surface area contributed by atoms with E-state index in [1.165, 1.54) is 24.8 Å². The predicted octanol–water partition coefficient (Wildman–Crippen LogP) is 4.38. The average Bonchev–Trinajstić information content (AvgIpc) is 3.79. The van der Waals surface area contributed by atoms with Crippen LogP contribution in [0.15, 0.2) is 117 Å². The molecule has 0 aliphatic carbocycles. The SMILES string of the molecule is Cc1ccnc(-c2ccc(OCc3c(-n4nnn(C)c4=O)cccc3S(C)(=O)=O)c(C)c2)n1.Cc1ccnc(-c2ccc(OCc3c(-n4nnn(C)c4=O)cccc3S(C)=O)c(C)c2)n1. The summed E-state index contributed by atoms with van der Waals surface area (Å²) in [5, 5.41) is 15.3. The van der Waals surface area contributed by atoms with E-state index in [-0.39, 0.29) is 18.1 Å². The average molecular weight is 917 g/mol. The number of benzene rings is 4. The van der Waals surface area contributed by atoms with Crippen LogP contribution in [0.5, 0.6) is 11.5 Å². The molecule has 0 amide bonds. The quantitative estimate of drug-likeness (QED) is 0.166. The highest BCUT2D eigenvalue weighted by Gasteiger charge is 2.22. The number of sulfone groups is 1. The minimum absolute atomic E-state index is 0.0555. The highest BCUT2D eigenvalue weighted by molar-refractivity contribution is 7.90. The maximum absolute atomic E-state index is 12.4. The van der Waals surface area contributed by atoms with Gasteiger partial charge in [0.1, 0.15) is 24.7 Å². The van der Waals surface area contributed by atoms with Gasteiger partial charge in [-0.15, -0.1) is 0 Å². The molecule has 4 heterocycles. The van der Waals surface area contributed by atoms with E-state index in [1.807, 2.05) is 70.2 Å². The summed E-state index contributed by atoms with van der Waals surface area (Å²) >= 11 is 0. The minimum atomic E-state index is -3.60. The van der Waals surface area contributed by atoms with Crippen LogP contribution in [-0.4, -0.2) is 84.7 Å². The number of hydrogen-bond acceptors (Lipinski definition) is 15. The zero-order valence-electron chi connectivity index (χ0n) is 36.7. The number of tetrazole rings is 2. The molecule has 8 aromatic rings. The Bertz CT molecular complexity index is 3320. The van der Waals surface area contributed by atoms with Crippen molar-refractivity contribution in [3.8, 4) is 45.6 Å². The van der Waals surface area contributed by atoms with Crippen molar-refractivity contribution in [1.82, 2.24) is 59.5 Å². The molecule has 0 radical (unpaired) electrons. The van der Waals surface area contributed by atoms with Crippen LogP contribution in [0, 0.1) is 27.7 Å². The van der Waals surface area contributed by atoms with Crippen molar-refractivity contribution in [3.63, 3.8) is 0 Å². The van der Waals surface area contributed by atoms with Crippen molar-refractivity contribution in [2.24, 2.45) is 14.1 Å². The molecule has 0 saturated heterocycles. The summed E-state index contributed by atoms with van der Waals surface area (Å²) in [6.07, 6.45) is 6.13. The van der Waals surface area contributed by atoms with Gasteiger partial charge in [-0.1, -0.05) is 12.1 Å². The third-order valence-corrected chi connectivity index (χ3v) is 12.2. The Hall–Kier alpha value is -7.52. The van der Waals surface area contributed by atoms with E-state index < -0.39 is 32.0 Å². The molecule has 65 heavy (non-hydrogen) atoms. The molecular weight excluding hydrogens is 873 g/mol. The number of hydrogen-bond donors (Lipinski definition) is 0. The Balaban J connectivity index is 0.000000194. The number of aromatic nitrogens is 12. The Morgan fingerprint density at radius 1 is 0.615 bits per heavy atom. The molecule has 0 spiro atoms. The van der Waals surface area contributed by atoms with Gasteiger partial charge < -0.3 is 9.47 Å². The van der Waals surface area contributed by atoms with Crippen molar-refractivity contribution in [3.05, 3.63) is 152 Å². The fraction of sp³-hybridized carbons (Fsp3) is 0.227. The normalized spacial score (nSPS) is 11.8. The summed E-state index contributed by atoms with van der Waals surface area (Å²) in [5.74, 6) is 2.48. The van der Waals surface area contributed by atoms with Crippen molar-refractivity contribution < 1.29 is 22.1 Å². The summed E-state index contributed by atoms with van der Waals surface area (Å²) in [5.41, 5.74) is 6.02. The van der Waals surface area contributed by atoms with E-state index in [4.69, 9.17) is 9.47 Å². The fourth-order valence-electron chi connectivity index (χ4n) is 6.72. The number of rotatable bonds is 12. The van der Waals surface area contributed by atoms with Crippen LogP contribution >= 0.6 is 0 Å². The van der Waals surface area contributed by atoms with Gasteiger partial charge in [-0.25, -0.2) is 37.9 Å². The van der Waals surface area contributed by atoms with Gasteiger partial charge in [-0.2, -0.15) is 18.7 Å². The summed E-state index contributed by atoms with van der Waals surface area (Å²) in [6, 6.07) is 24.8. The van der Waals surface area contributed by atoms with Gasteiger partial charge in [-0.05, 0) is 132 Å². The predicted molar refractivity (Wildman–Crippen MR) is 241 cm³/mol. The summed E-state index contributed by atoms with van der Waals surface area (Å²) < 4.78 is 53.8. The number of ether oxygens (including phenoxy) is 2. The second-order valence-electron chi connectivity index (χ2n) is 14.9. The van der Waals surface area contributed by atoms with Gasteiger partial charge in [-0.3, -0.25) is 4.21 Å².